The Balaban J connectivity index is 1.66. The standard InChI is InChI=1S/C22H18F2N4O2/c1-28-12-22(27-21(28)25)16-7-8-26-11-19(16)30-18-6-5-14(10-17(18)22)13-3-2-4-15(9-13)29-20(23)24/h2-11,20H,12H2,1H3,(H2,25,27). The Bertz CT molecular complexity index is 1170. The van der Waals surface area contributed by atoms with Crippen LogP contribution in [0, 0.1) is 0 Å². The average Bonchev–Trinajstić information content (AvgIpc) is 3.03. The molecule has 2 aliphatic rings. The molecule has 2 aliphatic heterocycles. The number of alkyl halides is 2. The molecule has 6 nitrogen and oxygen atoms in total. The minimum Gasteiger partial charge on any atom is -0.455 e. The molecule has 2 N–H and O–H groups in total. The second kappa shape index (κ2) is 6.69. The first-order valence-electron chi connectivity index (χ1n) is 9.35. The van der Waals surface area contributed by atoms with Gasteiger partial charge in [0.2, 0.25) is 0 Å². The summed E-state index contributed by atoms with van der Waals surface area (Å²) in [5.41, 5.74) is 8.72. The highest BCUT2D eigenvalue weighted by atomic mass is 19.3. The van der Waals surface area contributed by atoms with Gasteiger partial charge in [0.05, 0.1) is 12.7 Å². The van der Waals surface area contributed by atoms with Crippen molar-refractivity contribution in [3.05, 3.63) is 72.1 Å². The Morgan fingerprint density at radius 3 is 2.70 bits per heavy atom. The summed E-state index contributed by atoms with van der Waals surface area (Å²) in [6, 6.07) is 14.2. The predicted molar refractivity (Wildman–Crippen MR) is 108 cm³/mol. The Labute approximate surface area is 171 Å². The van der Waals surface area contributed by atoms with Gasteiger partial charge in [-0.1, -0.05) is 18.2 Å². The second-order valence-corrected chi connectivity index (χ2v) is 7.28. The molecule has 5 rings (SSSR count). The van der Waals surface area contributed by atoms with E-state index in [0.717, 1.165) is 22.3 Å². The molecule has 8 heteroatoms. The Morgan fingerprint density at radius 2 is 1.93 bits per heavy atom. The molecular formula is C22H18F2N4O2. The van der Waals surface area contributed by atoms with E-state index >= 15 is 0 Å². The summed E-state index contributed by atoms with van der Waals surface area (Å²) < 4.78 is 35.9. The monoisotopic (exact) mass is 408 g/mol. The van der Waals surface area contributed by atoms with Gasteiger partial charge in [-0.15, -0.1) is 0 Å². The van der Waals surface area contributed by atoms with Gasteiger partial charge < -0.3 is 20.1 Å². The minimum atomic E-state index is -2.88. The van der Waals surface area contributed by atoms with Crippen molar-refractivity contribution in [2.24, 2.45) is 10.7 Å². The molecule has 30 heavy (non-hydrogen) atoms. The van der Waals surface area contributed by atoms with Gasteiger partial charge in [0.1, 0.15) is 17.0 Å². The average molecular weight is 408 g/mol. The molecule has 152 valence electrons. The van der Waals surface area contributed by atoms with Crippen molar-refractivity contribution in [3.63, 3.8) is 0 Å². The van der Waals surface area contributed by atoms with Gasteiger partial charge in [0.15, 0.2) is 11.7 Å². The molecule has 3 heterocycles. The summed E-state index contributed by atoms with van der Waals surface area (Å²) >= 11 is 0. The lowest BCUT2D eigenvalue weighted by Crippen LogP contribution is -2.36. The fraction of sp³-hybridized carbons (Fsp3) is 0.182. The number of likely N-dealkylation sites (N-methyl/N-ethyl adjacent to an activating group) is 1. The maximum Gasteiger partial charge on any atom is 0.387 e. The first-order chi connectivity index (χ1) is 14.5. The van der Waals surface area contributed by atoms with E-state index in [1.165, 1.54) is 6.07 Å². The van der Waals surface area contributed by atoms with E-state index in [2.05, 4.69) is 9.72 Å². The first-order valence-corrected chi connectivity index (χ1v) is 9.35. The molecule has 2 aromatic carbocycles. The third kappa shape index (κ3) is 2.83. The van der Waals surface area contributed by atoms with Gasteiger partial charge in [-0.2, -0.15) is 8.78 Å². The highest BCUT2D eigenvalue weighted by molar-refractivity contribution is 5.83. The zero-order valence-corrected chi connectivity index (χ0v) is 16.0. The topological polar surface area (TPSA) is 73.0 Å². The van der Waals surface area contributed by atoms with Crippen LogP contribution in [-0.4, -0.2) is 36.0 Å². The van der Waals surface area contributed by atoms with Crippen LogP contribution in [0.5, 0.6) is 17.2 Å². The van der Waals surface area contributed by atoms with E-state index in [-0.39, 0.29) is 5.75 Å². The Morgan fingerprint density at radius 1 is 1.10 bits per heavy atom. The Hall–Kier alpha value is -3.68. The van der Waals surface area contributed by atoms with Crippen molar-refractivity contribution in [1.82, 2.24) is 9.88 Å². The molecule has 1 atom stereocenters. The van der Waals surface area contributed by atoms with Crippen molar-refractivity contribution in [2.75, 3.05) is 13.6 Å². The van der Waals surface area contributed by atoms with Gasteiger partial charge in [0.25, 0.3) is 0 Å². The van der Waals surface area contributed by atoms with Crippen LogP contribution in [0.4, 0.5) is 8.78 Å². The van der Waals surface area contributed by atoms with E-state index in [0.29, 0.717) is 24.0 Å². The number of aromatic nitrogens is 1. The number of hydrogen-bond acceptors (Lipinski definition) is 6. The lowest BCUT2D eigenvalue weighted by atomic mass is 9.80. The minimum absolute atomic E-state index is 0.102. The van der Waals surface area contributed by atoms with Gasteiger partial charge >= 0.3 is 6.61 Å². The molecule has 0 radical (unpaired) electrons. The summed E-state index contributed by atoms with van der Waals surface area (Å²) in [6.07, 6.45) is 3.37. The zero-order chi connectivity index (χ0) is 20.9. The van der Waals surface area contributed by atoms with Crippen molar-refractivity contribution in [2.45, 2.75) is 12.2 Å². The lowest BCUT2D eigenvalue weighted by Gasteiger charge is -2.35. The molecule has 1 aromatic heterocycles. The number of aliphatic imine (C=N–C) groups is 1. The molecule has 0 aliphatic carbocycles. The van der Waals surface area contributed by atoms with Crippen LogP contribution < -0.4 is 15.2 Å². The zero-order valence-electron chi connectivity index (χ0n) is 16.0. The summed E-state index contributed by atoms with van der Waals surface area (Å²) in [4.78, 5) is 10.9. The number of rotatable bonds is 3. The SMILES string of the molecule is CN1CC2(N=C1N)c1ccncc1Oc1ccc(-c3cccc(OC(F)F)c3)cc12. The predicted octanol–water partition coefficient (Wildman–Crippen LogP) is 3.96. The van der Waals surface area contributed by atoms with Crippen LogP contribution in [0.2, 0.25) is 0 Å². The maximum atomic E-state index is 12.6. The van der Waals surface area contributed by atoms with Crippen molar-refractivity contribution in [1.29, 1.82) is 0 Å². The molecular weight excluding hydrogens is 390 g/mol. The van der Waals surface area contributed by atoms with Crippen LogP contribution in [-0.2, 0) is 5.54 Å². The van der Waals surface area contributed by atoms with Crippen LogP contribution in [0.1, 0.15) is 11.1 Å². The van der Waals surface area contributed by atoms with Gasteiger partial charge in [-0.3, -0.25) is 4.98 Å². The molecule has 0 saturated heterocycles. The smallest absolute Gasteiger partial charge is 0.387 e. The van der Waals surface area contributed by atoms with Crippen LogP contribution in [0.25, 0.3) is 11.1 Å². The number of benzene rings is 2. The number of ether oxygens (including phenoxy) is 2. The molecule has 0 saturated carbocycles. The summed E-state index contributed by atoms with van der Waals surface area (Å²) in [5.74, 6) is 1.83. The van der Waals surface area contributed by atoms with E-state index in [4.69, 9.17) is 15.5 Å². The van der Waals surface area contributed by atoms with Crippen molar-refractivity contribution < 1.29 is 18.3 Å². The van der Waals surface area contributed by atoms with Crippen LogP contribution >= 0.6 is 0 Å². The van der Waals surface area contributed by atoms with Crippen molar-refractivity contribution >= 4 is 5.96 Å². The molecule has 3 aromatic rings. The largest absolute Gasteiger partial charge is 0.455 e. The lowest BCUT2D eigenvalue weighted by molar-refractivity contribution is -0.0498. The van der Waals surface area contributed by atoms with E-state index in [9.17, 15) is 8.78 Å². The van der Waals surface area contributed by atoms with Crippen LogP contribution in [0.15, 0.2) is 65.9 Å². The summed E-state index contributed by atoms with van der Waals surface area (Å²) in [7, 11) is 1.89. The molecule has 0 fully saturated rings. The normalized spacial score (nSPS) is 19.3. The second-order valence-electron chi connectivity index (χ2n) is 7.28. The number of nitrogens with zero attached hydrogens (tertiary/aromatic N) is 3. The molecule has 0 bridgehead atoms. The van der Waals surface area contributed by atoms with Gasteiger partial charge in [0, 0.05) is 24.4 Å². The third-order valence-corrected chi connectivity index (χ3v) is 5.43. The Kier molecular flexibility index (Phi) is 4.09. The highest BCUT2D eigenvalue weighted by Gasteiger charge is 2.47. The molecule has 1 spiro atoms. The van der Waals surface area contributed by atoms with E-state index < -0.39 is 12.2 Å². The van der Waals surface area contributed by atoms with Gasteiger partial charge in [-0.05, 0) is 41.5 Å². The van der Waals surface area contributed by atoms with Crippen molar-refractivity contribution in [3.8, 4) is 28.4 Å². The highest BCUT2D eigenvalue weighted by Crippen LogP contribution is 2.51. The van der Waals surface area contributed by atoms with Crippen LogP contribution in [0.3, 0.4) is 0 Å². The fourth-order valence-corrected chi connectivity index (χ4v) is 4.07. The number of pyridine rings is 1. The quantitative estimate of drug-likeness (QED) is 0.710. The molecule has 1 unspecified atom stereocenters. The number of hydrogen-bond donors (Lipinski definition) is 1. The number of halogens is 2. The summed E-state index contributed by atoms with van der Waals surface area (Å²) in [6.45, 7) is -2.33. The first kappa shape index (κ1) is 18.4. The van der Waals surface area contributed by atoms with Gasteiger partial charge in [-0.25, -0.2) is 4.99 Å². The third-order valence-electron chi connectivity index (χ3n) is 5.43. The maximum absolute atomic E-state index is 12.6. The van der Waals surface area contributed by atoms with E-state index in [1.807, 2.05) is 42.3 Å². The summed E-state index contributed by atoms with van der Waals surface area (Å²) in [5, 5.41) is 0. The number of fused-ring (bicyclic) bond motifs is 4. The van der Waals surface area contributed by atoms with E-state index in [1.54, 1.807) is 24.5 Å². The number of nitrogens with two attached hydrogens (primary N) is 1. The number of guanidine groups is 1. The molecule has 0 amide bonds. The fourth-order valence-electron chi connectivity index (χ4n) is 4.07.